The summed E-state index contributed by atoms with van der Waals surface area (Å²) in [5.74, 6) is 0.948. The van der Waals surface area contributed by atoms with Gasteiger partial charge in [0.25, 0.3) is 0 Å². The van der Waals surface area contributed by atoms with E-state index in [1.54, 1.807) is 0 Å². The van der Waals surface area contributed by atoms with E-state index >= 15 is 0 Å². The lowest BCUT2D eigenvalue weighted by Gasteiger charge is -2.25. The summed E-state index contributed by atoms with van der Waals surface area (Å²) in [6, 6.07) is 1.65. The SMILES string of the molecule is CCC(CC)N1C[C@@H]2CCCN[C@@H]2C1. The molecule has 1 N–H and O–H groups in total. The van der Waals surface area contributed by atoms with Crippen LogP contribution in [0.4, 0.5) is 0 Å². The summed E-state index contributed by atoms with van der Waals surface area (Å²) in [6.07, 6.45) is 5.47. The summed E-state index contributed by atoms with van der Waals surface area (Å²) in [5.41, 5.74) is 0. The summed E-state index contributed by atoms with van der Waals surface area (Å²) in [7, 11) is 0. The Labute approximate surface area is 88.1 Å². The van der Waals surface area contributed by atoms with Crippen LogP contribution in [-0.4, -0.2) is 36.6 Å². The quantitative estimate of drug-likeness (QED) is 0.741. The van der Waals surface area contributed by atoms with Gasteiger partial charge < -0.3 is 5.32 Å². The van der Waals surface area contributed by atoms with E-state index in [1.807, 2.05) is 0 Å². The monoisotopic (exact) mass is 196 g/mol. The third kappa shape index (κ3) is 1.96. The average Bonchev–Trinajstić information content (AvgIpc) is 2.63. The van der Waals surface area contributed by atoms with Crippen molar-refractivity contribution in [1.82, 2.24) is 10.2 Å². The minimum Gasteiger partial charge on any atom is -0.312 e. The van der Waals surface area contributed by atoms with E-state index in [2.05, 4.69) is 24.1 Å². The number of likely N-dealkylation sites (tertiary alicyclic amines) is 1. The molecule has 0 radical (unpaired) electrons. The van der Waals surface area contributed by atoms with Crippen molar-refractivity contribution in [2.75, 3.05) is 19.6 Å². The first-order valence-electron chi connectivity index (χ1n) is 6.32. The molecule has 2 aliphatic heterocycles. The summed E-state index contributed by atoms with van der Waals surface area (Å²) >= 11 is 0. The van der Waals surface area contributed by atoms with Crippen molar-refractivity contribution in [2.45, 2.75) is 51.6 Å². The molecule has 14 heavy (non-hydrogen) atoms. The van der Waals surface area contributed by atoms with E-state index in [1.165, 1.54) is 45.3 Å². The van der Waals surface area contributed by atoms with Gasteiger partial charge in [0.15, 0.2) is 0 Å². The fourth-order valence-corrected chi connectivity index (χ4v) is 3.18. The van der Waals surface area contributed by atoms with Gasteiger partial charge in [-0.15, -0.1) is 0 Å². The molecule has 0 aromatic rings. The molecule has 0 spiro atoms. The molecule has 0 saturated carbocycles. The fourth-order valence-electron chi connectivity index (χ4n) is 3.18. The lowest BCUT2D eigenvalue weighted by Crippen LogP contribution is -2.41. The molecule has 0 amide bonds. The van der Waals surface area contributed by atoms with Crippen LogP contribution in [0.2, 0.25) is 0 Å². The Bertz CT molecular complexity index is 163. The van der Waals surface area contributed by atoms with E-state index in [0.717, 1.165) is 18.0 Å². The second kappa shape index (κ2) is 4.63. The number of nitrogens with zero attached hydrogens (tertiary/aromatic N) is 1. The highest BCUT2D eigenvalue weighted by Crippen LogP contribution is 2.27. The molecule has 0 aromatic heterocycles. The topological polar surface area (TPSA) is 15.3 Å². The Morgan fingerprint density at radius 3 is 2.71 bits per heavy atom. The van der Waals surface area contributed by atoms with Crippen molar-refractivity contribution in [1.29, 1.82) is 0 Å². The number of piperidine rings is 1. The molecular weight excluding hydrogens is 172 g/mol. The first kappa shape index (κ1) is 10.4. The molecule has 2 aliphatic rings. The Morgan fingerprint density at radius 1 is 1.29 bits per heavy atom. The zero-order chi connectivity index (χ0) is 9.97. The van der Waals surface area contributed by atoms with Crippen LogP contribution >= 0.6 is 0 Å². The van der Waals surface area contributed by atoms with E-state index < -0.39 is 0 Å². The Balaban J connectivity index is 1.91. The van der Waals surface area contributed by atoms with Gasteiger partial charge in [-0.2, -0.15) is 0 Å². The third-order valence-electron chi connectivity index (χ3n) is 4.09. The first-order valence-corrected chi connectivity index (χ1v) is 6.32. The number of fused-ring (bicyclic) bond motifs is 1. The molecular formula is C12H24N2. The molecule has 82 valence electrons. The maximum Gasteiger partial charge on any atom is 0.0235 e. The van der Waals surface area contributed by atoms with Crippen LogP contribution in [0.15, 0.2) is 0 Å². The van der Waals surface area contributed by atoms with E-state index in [4.69, 9.17) is 0 Å². The highest BCUT2D eigenvalue weighted by molar-refractivity contribution is 4.93. The number of rotatable bonds is 3. The lowest BCUT2D eigenvalue weighted by molar-refractivity contribution is 0.220. The van der Waals surface area contributed by atoms with Crippen LogP contribution in [0.25, 0.3) is 0 Å². The van der Waals surface area contributed by atoms with Crippen molar-refractivity contribution in [3.05, 3.63) is 0 Å². The Hall–Kier alpha value is -0.0800. The van der Waals surface area contributed by atoms with Crippen LogP contribution in [0, 0.1) is 5.92 Å². The van der Waals surface area contributed by atoms with Crippen molar-refractivity contribution < 1.29 is 0 Å². The molecule has 0 aliphatic carbocycles. The average molecular weight is 196 g/mol. The predicted octanol–water partition coefficient (Wildman–Crippen LogP) is 1.86. The maximum atomic E-state index is 3.67. The van der Waals surface area contributed by atoms with Gasteiger partial charge in [0.1, 0.15) is 0 Å². The molecule has 2 nitrogen and oxygen atoms in total. The Morgan fingerprint density at radius 2 is 2.07 bits per heavy atom. The molecule has 2 heteroatoms. The molecule has 2 saturated heterocycles. The molecule has 2 fully saturated rings. The third-order valence-corrected chi connectivity index (χ3v) is 4.09. The summed E-state index contributed by atoms with van der Waals surface area (Å²) < 4.78 is 0. The van der Waals surface area contributed by atoms with Gasteiger partial charge in [-0.25, -0.2) is 0 Å². The van der Waals surface area contributed by atoms with Gasteiger partial charge in [0.05, 0.1) is 0 Å². The first-order chi connectivity index (χ1) is 6.85. The fraction of sp³-hybridized carbons (Fsp3) is 1.00. The second-order valence-electron chi connectivity index (χ2n) is 4.89. The van der Waals surface area contributed by atoms with Gasteiger partial charge in [-0.1, -0.05) is 13.8 Å². The van der Waals surface area contributed by atoms with Crippen molar-refractivity contribution in [3.8, 4) is 0 Å². The van der Waals surface area contributed by atoms with Gasteiger partial charge in [0.2, 0.25) is 0 Å². The smallest absolute Gasteiger partial charge is 0.0235 e. The minimum absolute atomic E-state index is 0.810. The van der Waals surface area contributed by atoms with Gasteiger partial charge in [-0.05, 0) is 38.1 Å². The molecule has 2 heterocycles. The van der Waals surface area contributed by atoms with Crippen molar-refractivity contribution in [2.24, 2.45) is 5.92 Å². The largest absolute Gasteiger partial charge is 0.312 e. The zero-order valence-electron chi connectivity index (χ0n) is 9.63. The van der Waals surface area contributed by atoms with E-state index in [-0.39, 0.29) is 0 Å². The second-order valence-corrected chi connectivity index (χ2v) is 4.89. The molecule has 0 aromatic carbocycles. The van der Waals surface area contributed by atoms with Crippen LogP contribution in [0.3, 0.4) is 0 Å². The molecule has 2 rings (SSSR count). The van der Waals surface area contributed by atoms with E-state index in [9.17, 15) is 0 Å². The number of hydrogen-bond donors (Lipinski definition) is 1. The molecule has 0 bridgehead atoms. The molecule has 0 unspecified atom stereocenters. The predicted molar refractivity (Wildman–Crippen MR) is 60.5 cm³/mol. The van der Waals surface area contributed by atoms with Crippen LogP contribution in [0.1, 0.15) is 39.5 Å². The molecule has 2 atom stereocenters. The zero-order valence-corrected chi connectivity index (χ0v) is 9.63. The van der Waals surface area contributed by atoms with Crippen LogP contribution in [-0.2, 0) is 0 Å². The highest BCUT2D eigenvalue weighted by atomic mass is 15.2. The standard InChI is InChI=1S/C12H24N2/c1-3-11(4-2)14-8-10-6-5-7-13-12(10)9-14/h10-13H,3-9H2,1-2H3/t10-,12+/m0/s1. The minimum atomic E-state index is 0.810. The lowest BCUT2D eigenvalue weighted by atomic mass is 9.94. The normalized spacial score (nSPS) is 33.6. The van der Waals surface area contributed by atoms with Gasteiger partial charge >= 0.3 is 0 Å². The van der Waals surface area contributed by atoms with Crippen LogP contribution in [0.5, 0.6) is 0 Å². The van der Waals surface area contributed by atoms with Gasteiger partial charge in [-0.3, -0.25) is 4.90 Å². The highest BCUT2D eigenvalue weighted by Gasteiger charge is 2.35. The van der Waals surface area contributed by atoms with E-state index in [0.29, 0.717) is 0 Å². The summed E-state index contributed by atoms with van der Waals surface area (Å²) in [5, 5.41) is 3.67. The Kier molecular flexibility index (Phi) is 3.45. The van der Waals surface area contributed by atoms with Crippen molar-refractivity contribution in [3.63, 3.8) is 0 Å². The number of hydrogen-bond acceptors (Lipinski definition) is 2. The van der Waals surface area contributed by atoms with Crippen LogP contribution < -0.4 is 5.32 Å². The van der Waals surface area contributed by atoms with Crippen molar-refractivity contribution >= 4 is 0 Å². The summed E-state index contributed by atoms with van der Waals surface area (Å²) in [4.78, 5) is 2.72. The summed E-state index contributed by atoms with van der Waals surface area (Å²) in [6.45, 7) is 8.55. The van der Waals surface area contributed by atoms with Gasteiger partial charge in [0, 0.05) is 25.2 Å². The number of nitrogens with one attached hydrogen (secondary N) is 1. The maximum absolute atomic E-state index is 3.67.